The first-order valence-corrected chi connectivity index (χ1v) is 21.4. The van der Waals surface area contributed by atoms with Crippen LogP contribution in [0.2, 0.25) is 0 Å². The van der Waals surface area contributed by atoms with Crippen LogP contribution in [0.5, 0.6) is 0 Å². The predicted molar refractivity (Wildman–Crippen MR) is 211 cm³/mol. The normalized spacial score (nSPS) is 14.8. The van der Waals surface area contributed by atoms with E-state index < -0.39 is 19.9 Å². The number of rotatable bonds is 37. The zero-order valence-corrected chi connectivity index (χ0v) is 33.1. The lowest BCUT2D eigenvalue weighted by atomic mass is 10.0. The van der Waals surface area contributed by atoms with E-state index in [2.05, 4.69) is 55.5 Å². The van der Waals surface area contributed by atoms with Gasteiger partial charge >= 0.3 is 13.8 Å². The first kappa shape index (κ1) is 49.0. The van der Waals surface area contributed by atoms with E-state index in [0.717, 1.165) is 57.8 Å². The van der Waals surface area contributed by atoms with E-state index in [0.29, 0.717) is 6.42 Å². The molecule has 0 rings (SSSR count). The van der Waals surface area contributed by atoms with Crippen LogP contribution in [0.3, 0.4) is 0 Å². The molecule has 9 nitrogen and oxygen atoms in total. The largest absolute Gasteiger partial charge is 0.498 e. The van der Waals surface area contributed by atoms with Crippen molar-refractivity contribution in [2.24, 2.45) is 5.73 Å². The van der Waals surface area contributed by atoms with E-state index in [-0.39, 0.29) is 38.9 Å². The Hall–Kier alpha value is -2.00. The maximum atomic E-state index is 12.5. The van der Waals surface area contributed by atoms with E-state index in [1.165, 1.54) is 70.6 Å². The van der Waals surface area contributed by atoms with Gasteiger partial charge in [-0.25, -0.2) is 4.57 Å². The number of carbonyl (C=O) groups excluding carboxylic acids is 1. The highest BCUT2D eigenvalue weighted by Crippen LogP contribution is 2.43. The fourth-order valence-corrected chi connectivity index (χ4v) is 5.82. The number of aliphatic hydroxyl groups excluding tert-OH is 1. The first-order chi connectivity index (χ1) is 24.8. The van der Waals surface area contributed by atoms with Crippen molar-refractivity contribution in [2.75, 3.05) is 26.4 Å². The molecule has 51 heavy (non-hydrogen) atoms. The van der Waals surface area contributed by atoms with Crippen LogP contribution >= 0.6 is 7.82 Å². The highest BCUT2D eigenvalue weighted by molar-refractivity contribution is 7.47. The molecule has 0 aliphatic carbocycles. The Morgan fingerprint density at radius 2 is 1.22 bits per heavy atom. The second-order valence-corrected chi connectivity index (χ2v) is 14.5. The molecule has 0 saturated carbocycles. The molecule has 0 aromatic carbocycles. The lowest BCUT2D eigenvalue weighted by Gasteiger charge is -2.19. The summed E-state index contributed by atoms with van der Waals surface area (Å²) in [5.41, 5.74) is 5.34. The summed E-state index contributed by atoms with van der Waals surface area (Å²) in [5.74, 6) is -0.420. The van der Waals surface area contributed by atoms with Crippen molar-refractivity contribution in [1.29, 1.82) is 0 Å². The van der Waals surface area contributed by atoms with Gasteiger partial charge in [-0.2, -0.15) is 0 Å². The highest BCUT2D eigenvalue weighted by atomic mass is 31.2. The molecule has 0 heterocycles. The number of aliphatic hydroxyl groups is 1. The summed E-state index contributed by atoms with van der Waals surface area (Å²) in [6, 6.07) is 0. The van der Waals surface area contributed by atoms with Gasteiger partial charge in [-0.15, -0.1) is 0 Å². The Kier molecular flexibility index (Phi) is 36.3. The topological polar surface area (TPSA) is 138 Å². The first-order valence-electron chi connectivity index (χ1n) is 19.9. The Bertz CT molecular complexity index is 981. The number of hydrogen-bond acceptors (Lipinski definition) is 8. The molecular formula is C41H74NO8P. The van der Waals surface area contributed by atoms with E-state index in [4.69, 9.17) is 24.3 Å². The van der Waals surface area contributed by atoms with Gasteiger partial charge in [0.1, 0.15) is 6.61 Å². The van der Waals surface area contributed by atoms with Gasteiger partial charge in [0.25, 0.3) is 0 Å². The van der Waals surface area contributed by atoms with E-state index in [9.17, 15) is 19.4 Å². The number of phosphoric ester groups is 1. The maximum Gasteiger partial charge on any atom is 0.472 e. The summed E-state index contributed by atoms with van der Waals surface area (Å²) >= 11 is 0. The average molecular weight is 740 g/mol. The van der Waals surface area contributed by atoms with Crippen molar-refractivity contribution >= 4 is 13.8 Å². The summed E-state index contributed by atoms with van der Waals surface area (Å²) < 4.78 is 33.0. The molecule has 0 aliphatic heterocycles. The van der Waals surface area contributed by atoms with Gasteiger partial charge in [0.2, 0.25) is 0 Å². The minimum atomic E-state index is -4.31. The molecule has 10 heteroatoms. The predicted octanol–water partition coefficient (Wildman–Crippen LogP) is 10.7. The third-order valence-corrected chi connectivity index (χ3v) is 9.15. The SMILES string of the molecule is CCCCCCCCCCCCCC/C=C\OCC(COP(=O)(O)OCCN)OC(=O)CCC/C=C\C/C=C\C/C=C\C/C=C\CCC(O)CC. The number of ether oxygens (including phenoxy) is 2. The maximum absolute atomic E-state index is 12.5. The minimum Gasteiger partial charge on any atom is -0.498 e. The molecule has 0 aromatic rings. The average Bonchev–Trinajstić information content (AvgIpc) is 3.12. The van der Waals surface area contributed by atoms with E-state index >= 15 is 0 Å². The fraction of sp³-hybridized carbons (Fsp3) is 0.732. The second kappa shape index (κ2) is 37.7. The van der Waals surface area contributed by atoms with Gasteiger partial charge in [-0.05, 0) is 70.3 Å². The third-order valence-electron chi connectivity index (χ3n) is 8.17. The molecule has 3 atom stereocenters. The van der Waals surface area contributed by atoms with Crippen molar-refractivity contribution < 1.29 is 37.9 Å². The van der Waals surface area contributed by atoms with Crippen LogP contribution in [0.4, 0.5) is 0 Å². The lowest BCUT2D eigenvalue weighted by Crippen LogP contribution is -2.27. The van der Waals surface area contributed by atoms with Gasteiger partial charge in [0.05, 0.1) is 25.6 Å². The number of carbonyl (C=O) groups is 1. The number of allylic oxidation sites excluding steroid dienone is 9. The van der Waals surface area contributed by atoms with Crippen molar-refractivity contribution in [3.8, 4) is 0 Å². The Labute approximate surface area is 311 Å². The Morgan fingerprint density at radius 1 is 0.686 bits per heavy atom. The molecule has 0 saturated heterocycles. The number of nitrogens with two attached hydrogens (primary N) is 1. The molecule has 3 unspecified atom stereocenters. The molecule has 0 radical (unpaired) electrons. The summed E-state index contributed by atoms with van der Waals surface area (Å²) in [5, 5.41) is 9.55. The van der Waals surface area contributed by atoms with E-state index in [1.807, 2.05) is 13.0 Å². The van der Waals surface area contributed by atoms with Crippen molar-refractivity contribution in [3.05, 3.63) is 60.9 Å². The van der Waals surface area contributed by atoms with Crippen LogP contribution in [0.15, 0.2) is 60.9 Å². The molecule has 296 valence electrons. The van der Waals surface area contributed by atoms with Gasteiger partial charge < -0.3 is 25.2 Å². The lowest BCUT2D eigenvalue weighted by molar-refractivity contribution is -0.153. The van der Waals surface area contributed by atoms with Crippen LogP contribution in [0, 0.1) is 0 Å². The molecule has 0 aromatic heterocycles. The molecule has 4 N–H and O–H groups in total. The Balaban J connectivity index is 4.26. The zero-order valence-electron chi connectivity index (χ0n) is 32.2. The number of unbranched alkanes of at least 4 members (excludes halogenated alkanes) is 13. The molecule has 0 spiro atoms. The Morgan fingerprint density at radius 3 is 1.78 bits per heavy atom. The van der Waals surface area contributed by atoms with E-state index in [1.54, 1.807) is 6.26 Å². The molecule has 0 aliphatic rings. The van der Waals surface area contributed by atoms with Crippen molar-refractivity contribution in [1.82, 2.24) is 0 Å². The zero-order chi connectivity index (χ0) is 37.5. The summed E-state index contributed by atoms with van der Waals surface area (Å²) in [6.45, 7) is 3.87. The standard InChI is InChI=1S/C41H74NO8P/c1-3-5-6-7-8-9-10-11-16-19-22-25-28-31-35-47-37-40(38-49-51(45,46)48-36-34-42)50-41(44)33-30-27-24-21-18-15-13-12-14-17-20-23-26-29-32-39(43)4-2/h13-15,17,21,23-24,26,31,35,39-40,43H,3-12,16,18-20,22,25,27-30,32-34,36-38,42H2,1-2H3,(H,45,46)/b15-13-,17-14-,24-21-,26-23-,35-31-. The quantitative estimate of drug-likeness (QED) is 0.0187. The number of phosphoric acid groups is 1. The molecule has 0 bridgehead atoms. The third kappa shape index (κ3) is 37.6. The van der Waals surface area contributed by atoms with Crippen LogP contribution in [-0.4, -0.2) is 54.5 Å². The molecule has 0 fully saturated rings. The van der Waals surface area contributed by atoms with Crippen LogP contribution in [0.1, 0.15) is 155 Å². The van der Waals surface area contributed by atoms with Crippen LogP contribution in [-0.2, 0) is 27.9 Å². The smallest absolute Gasteiger partial charge is 0.472 e. The fourth-order valence-electron chi connectivity index (χ4n) is 5.05. The highest BCUT2D eigenvalue weighted by Gasteiger charge is 2.25. The molecular weight excluding hydrogens is 665 g/mol. The van der Waals surface area contributed by atoms with Crippen LogP contribution in [0.25, 0.3) is 0 Å². The monoisotopic (exact) mass is 740 g/mol. The summed E-state index contributed by atoms with van der Waals surface area (Å²) in [4.78, 5) is 22.4. The summed E-state index contributed by atoms with van der Waals surface area (Å²) in [7, 11) is -4.31. The minimum absolute atomic E-state index is 0.000242. The second-order valence-electron chi connectivity index (χ2n) is 13.0. The summed E-state index contributed by atoms with van der Waals surface area (Å²) in [6.07, 6.45) is 42.8. The van der Waals surface area contributed by atoms with Crippen molar-refractivity contribution in [3.63, 3.8) is 0 Å². The number of hydrogen-bond donors (Lipinski definition) is 3. The molecule has 0 amide bonds. The van der Waals surface area contributed by atoms with Crippen LogP contribution < -0.4 is 5.73 Å². The van der Waals surface area contributed by atoms with Gasteiger partial charge in [0.15, 0.2) is 6.10 Å². The number of esters is 1. The van der Waals surface area contributed by atoms with Gasteiger partial charge in [0, 0.05) is 13.0 Å². The van der Waals surface area contributed by atoms with Gasteiger partial charge in [-0.1, -0.05) is 133 Å². The van der Waals surface area contributed by atoms with Crippen molar-refractivity contribution in [2.45, 2.75) is 167 Å². The van der Waals surface area contributed by atoms with Gasteiger partial charge in [-0.3, -0.25) is 13.8 Å².